The molecule has 19 heavy (non-hydrogen) atoms. The molecule has 1 fully saturated rings. The van der Waals surface area contributed by atoms with E-state index in [-0.39, 0.29) is 5.91 Å². The van der Waals surface area contributed by atoms with Gasteiger partial charge in [0, 0.05) is 12.6 Å². The standard InChI is InChI=1S/C15H23N3O/c1-2-16-14-11-7-10-13(18-14)15(19)17-12-8-5-3-4-6-9-12/h7,10-12H,2-6,8-9H2,1H3,(H,16,18)(H,17,19). The summed E-state index contributed by atoms with van der Waals surface area (Å²) in [5, 5.41) is 6.24. The number of rotatable bonds is 4. The largest absolute Gasteiger partial charge is 0.370 e. The van der Waals surface area contributed by atoms with Gasteiger partial charge in [0.2, 0.25) is 0 Å². The van der Waals surface area contributed by atoms with Gasteiger partial charge in [-0.1, -0.05) is 31.7 Å². The Labute approximate surface area is 115 Å². The van der Waals surface area contributed by atoms with Gasteiger partial charge in [-0.05, 0) is 31.9 Å². The van der Waals surface area contributed by atoms with E-state index in [2.05, 4.69) is 15.6 Å². The quantitative estimate of drug-likeness (QED) is 0.819. The molecule has 4 heteroatoms. The molecule has 2 rings (SSSR count). The summed E-state index contributed by atoms with van der Waals surface area (Å²) in [5.74, 6) is 0.711. The van der Waals surface area contributed by atoms with Crippen LogP contribution >= 0.6 is 0 Å². The van der Waals surface area contributed by atoms with E-state index in [1.54, 1.807) is 6.07 Å². The number of hydrogen-bond acceptors (Lipinski definition) is 3. The molecular weight excluding hydrogens is 238 g/mol. The SMILES string of the molecule is CCNc1cccc(C(=O)NC2CCCCCC2)n1. The van der Waals surface area contributed by atoms with Crippen molar-refractivity contribution in [1.29, 1.82) is 0 Å². The number of anilines is 1. The first-order valence-electron chi connectivity index (χ1n) is 7.31. The van der Waals surface area contributed by atoms with Crippen LogP contribution in [0.2, 0.25) is 0 Å². The number of nitrogens with one attached hydrogen (secondary N) is 2. The molecule has 1 aliphatic rings. The molecule has 0 radical (unpaired) electrons. The van der Waals surface area contributed by atoms with Crippen LogP contribution in [0.1, 0.15) is 55.9 Å². The van der Waals surface area contributed by atoms with Crippen molar-refractivity contribution in [3.63, 3.8) is 0 Å². The van der Waals surface area contributed by atoms with Crippen molar-refractivity contribution in [2.75, 3.05) is 11.9 Å². The van der Waals surface area contributed by atoms with Gasteiger partial charge in [-0.3, -0.25) is 4.79 Å². The maximum Gasteiger partial charge on any atom is 0.270 e. The monoisotopic (exact) mass is 261 g/mol. The average Bonchev–Trinajstić information content (AvgIpc) is 2.68. The number of hydrogen-bond donors (Lipinski definition) is 2. The van der Waals surface area contributed by atoms with Gasteiger partial charge in [0.05, 0.1) is 0 Å². The first kappa shape index (κ1) is 13.8. The number of carbonyl (C=O) groups is 1. The fraction of sp³-hybridized carbons (Fsp3) is 0.600. The maximum absolute atomic E-state index is 12.2. The zero-order valence-corrected chi connectivity index (χ0v) is 11.6. The predicted octanol–water partition coefficient (Wildman–Crippen LogP) is 2.97. The molecule has 1 aromatic heterocycles. The van der Waals surface area contributed by atoms with Crippen LogP contribution in [-0.4, -0.2) is 23.5 Å². The van der Waals surface area contributed by atoms with E-state index in [9.17, 15) is 4.79 Å². The van der Waals surface area contributed by atoms with E-state index in [1.807, 2.05) is 19.1 Å². The van der Waals surface area contributed by atoms with Crippen molar-refractivity contribution in [3.8, 4) is 0 Å². The first-order chi connectivity index (χ1) is 9.29. The molecular formula is C15H23N3O. The van der Waals surface area contributed by atoms with Crippen LogP contribution in [0.25, 0.3) is 0 Å². The van der Waals surface area contributed by atoms with Gasteiger partial charge < -0.3 is 10.6 Å². The average molecular weight is 261 g/mol. The number of amides is 1. The number of carbonyl (C=O) groups excluding carboxylic acids is 1. The normalized spacial score (nSPS) is 16.7. The molecule has 0 aromatic carbocycles. The molecule has 1 saturated carbocycles. The Morgan fingerprint density at radius 3 is 2.68 bits per heavy atom. The molecule has 1 aliphatic carbocycles. The first-order valence-corrected chi connectivity index (χ1v) is 7.31. The van der Waals surface area contributed by atoms with Gasteiger partial charge in [0.25, 0.3) is 5.91 Å². The summed E-state index contributed by atoms with van der Waals surface area (Å²) in [4.78, 5) is 16.5. The number of pyridine rings is 1. The van der Waals surface area contributed by atoms with Gasteiger partial charge in [0.1, 0.15) is 11.5 Å². The Bertz CT molecular complexity index is 412. The van der Waals surface area contributed by atoms with E-state index in [0.29, 0.717) is 11.7 Å². The number of nitrogens with zero attached hydrogens (tertiary/aromatic N) is 1. The van der Waals surface area contributed by atoms with Crippen LogP contribution in [0.5, 0.6) is 0 Å². The van der Waals surface area contributed by atoms with E-state index in [0.717, 1.165) is 25.2 Å². The molecule has 1 amide bonds. The smallest absolute Gasteiger partial charge is 0.270 e. The van der Waals surface area contributed by atoms with Gasteiger partial charge >= 0.3 is 0 Å². The second-order valence-electron chi connectivity index (χ2n) is 5.10. The Hall–Kier alpha value is -1.58. The highest BCUT2D eigenvalue weighted by molar-refractivity contribution is 5.92. The van der Waals surface area contributed by atoms with E-state index in [4.69, 9.17) is 0 Å². The van der Waals surface area contributed by atoms with E-state index >= 15 is 0 Å². The summed E-state index contributed by atoms with van der Waals surface area (Å²) in [6, 6.07) is 5.84. The van der Waals surface area contributed by atoms with Crippen LogP contribution in [0.3, 0.4) is 0 Å². The third-order valence-electron chi connectivity index (χ3n) is 3.53. The molecule has 0 unspecified atom stereocenters. The topological polar surface area (TPSA) is 54.0 Å². The minimum Gasteiger partial charge on any atom is -0.370 e. The zero-order chi connectivity index (χ0) is 13.5. The van der Waals surface area contributed by atoms with Crippen molar-refractivity contribution < 1.29 is 4.79 Å². The summed E-state index contributed by atoms with van der Waals surface area (Å²) >= 11 is 0. The fourth-order valence-electron chi connectivity index (χ4n) is 2.52. The minimum absolute atomic E-state index is 0.0494. The maximum atomic E-state index is 12.2. The molecule has 4 nitrogen and oxygen atoms in total. The summed E-state index contributed by atoms with van der Waals surface area (Å²) in [6.07, 6.45) is 7.21. The van der Waals surface area contributed by atoms with Crippen LogP contribution in [0.15, 0.2) is 18.2 Å². The van der Waals surface area contributed by atoms with Crippen molar-refractivity contribution in [2.24, 2.45) is 0 Å². The molecule has 104 valence electrons. The predicted molar refractivity (Wildman–Crippen MR) is 77.4 cm³/mol. The van der Waals surface area contributed by atoms with Crippen LogP contribution in [-0.2, 0) is 0 Å². The third kappa shape index (κ3) is 4.23. The molecule has 1 heterocycles. The lowest BCUT2D eigenvalue weighted by Gasteiger charge is -2.16. The lowest BCUT2D eigenvalue weighted by atomic mass is 10.1. The summed E-state index contributed by atoms with van der Waals surface area (Å²) in [6.45, 7) is 2.82. The summed E-state index contributed by atoms with van der Waals surface area (Å²) in [5.41, 5.74) is 0.502. The van der Waals surface area contributed by atoms with Gasteiger partial charge in [-0.2, -0.15) is 0 Å². The molecule has 0 saturated heterocycles. The second-order valence-corrected chi connectivity index (χ2v) is 5.10. The van der Waals surface area contributed by atoms with Crippen molar-refractivity contribution >= 4 is 11.7 Å². The molecule has 0 spiro atoms. The Balaban J connectivity index is 1.96. The summed E-state index contributed by atoms with van der Waals surface area (Å²) < 4.78 is 0. The summed E-state index contributed by atoms with van der Waals surface area (Å²) in [7, 11) is 0. The van der Waals surface area contributed by atoms with Crippen LogP contribution < -0.4 is 10.6 Å². The Morgan fingerprint density at radius 2 is 2.00 bits per heavy atom. The molecule has 0 aliphatic heterocycles. The minimum atomic E-state index is -0.0494. The molecule has 1 aromatic rings. The third-order valence-corrected chi connectivity index (χ3v) is 3.53. The van der Waals surface area contributed by atoms with E-state index < -0.39 is 0 Å². The van der Waals surface area contributed by atoms with Crippen molar-refractivity contribution in [2.45, 2.75) is 51.5 Å². The van der Waals surface area contributed by atoms with E-state index in [1.165, 1.54) is 25.7 Å². The lowest BCUT2D eigenvalue weighted by molar-refractivity contribution is 0.0928. The lowest BCUT2D eigenvalue weighted by Crippen LogP contribution is -2.34. The van der Waals surface area contributed by atoms with Crippen molar-refractivity contribution in [3.05, 3.63) is 23.9 Å². The van der Waals surface area contributed by atoms with Crippen molar-refractivity contribution in [1.82, 2.24) is 10.3 Å². The second kappa shape index (κ2) is 7.12. The van der Waals surface area contributed by atoms with Crippen LogP contribution in [0, 0.1) is 0 Å². The molecule has 0 bridgehead atoms. The highest BCUT2D eigenvalue weighted by Gasteiger charge is 2.16. The highest BCUT2D eigenvalue weighted by atomic mass is 16.1. The van der Waals surface area contributed by atoms with Gasteiger partial charge in [-0.15, -0.1) is 0 Å². The number of aromatic nitrogens is 1. The Morgan fingerprint density at radius 1 is 1.26 bits per heavy atom. The van der Waals surface area contributed by atoms with Gasteiger partial charge in [0.15, 0.2) is 0 Å². The molecule has 2 N–H and O–H groups in total. The Kier molecular flexibility index (Phi) is 5.19. The molecule has 0 atom stereocenters. The highest BCUT2D eigenvalue weighted by Crippen LogP contribution is 2.17. The van der Waals surface area contributed by atoms with Gasteiger partial charge in [-0.25, -0.2) is 4.98 Å². The fourth-order valence-corrected chi connectivity index (χ4v) is 2.52. The zero-order valence-electron chi connectivity index (χ0n) is 11.6. The van der Waals surface area contributed by atoms with Crippen LogP contribution in [0.4, 0.5) is 5.82 Å².